The molecule has 1 heterocycles. The molecule has 0 radical (unpaired) electrons. The van der Waals surface area contributed by atoms with E-state index >= 15 is 0 Å². The Hall–Kier alpha value is -1.02. The van der Waals surface area contributed by atoms with Crippen LogP contribution in [0.25, 0.3) is 0 Å². The van der Waals surface area contributed by atoms with E-state index in [2.05, 4.69) is 23.5 Å². The van der Waals surface area contributed by atoms with Crippen molar-refractivity contribution in [2.45, 2.75) is 18.9 Å². The summed E-state index contributed by atoms with van der Waals surface area (Å²) in [6, 6.07) is 8.86. The van der Waals surface area contributed by atoms with Crippen LogP contribution in [0, 0.1) is 5.41 Å². The molecule has 1 unspecified atom stereocenters. The summed E-state index contributed by atoms with van der Waals surface area (Å²) in [6.45, 7) is 0.884. The van der Waals surface area contributed by atoms with Crippen molar-refractivity contribution in [3.05, 3.63) is 29.8 Å². The van der Waals surface area contributed by atoms with Crippen molar-refractivity contribution in [3.63, 3.8) is 0 Å². The second-order valence-electron chi connectivity index (χ2n) is 4.41. The van der Waals surface area contributed by atoms with E-state index in [1.165, 1.54) is 18.4 Å². The van der Waals surface area contributed by atoms with Gasteiger partial charge in [-0.25, -0.2) is 0 Å². The first kappa shape index (κ1) is 8.30. The van der Waals surface area contributed by atoms with E-state index in [4.69, 9.17) is 4.74 Å². The van der Waals surface area contributed by atoms with Crippen LogP contribution in [0.5, 0.6) is 5.75 Å². The highest BCUT2D eigenvalue weighted by Gasteiger charge is 2.52. The fraction of sp³-hybridized carbons (Fsp3) is 0.500. The number of nitrogens with one attached hydrogen (secondary N) is 1. The average molecular weight is 189 g/mol. The molecule has 1 aliphatic heterocycles. The zero-order chi connectivity index (χ0) is 9.60. The van der Waals surface area contributed by atoms with Gasteiger partial charge in [0.05, 0.1) is 6.61 Å². The van der Waals surface area contributed by atoms with Gasteiger partial charge in [0.25, 0.3) is 0 Å². The number of hydrogen-bond donors (Lipinski definition) is 1. The number of hydrogen-bond acceptors (Lipinski definition) is 2. The summed E-state index contributed by atoms with van der Waals surface area (Å²) in [5.41, 5.74) is 1.74. The molecule has 1 saturated carbocycles. The van der Waals surface area contributed by atoms with Gasteiger partial charge in [-0.05, 0) is 26.0 Å². The number of benzene rings is 1. The molecule has 3 rings (SSSR count). The molecule has 2 aliphatic rings. The normalized spacial score (nSPS) is 26.8. The smallest absolute Gasteiger partial charge is 0.124 e. The molecule has 2 heteroatoms. The molecule has 0 saturated heterocycles. The lowest BCUT2D eigenvalue weighted by molar-refractivity contribution is 0.163. The van der Waals surface area contributed by atoms with E-state index in [9.17, 15) is 0 Å². The molecular formula is C12H15NO. The van der Waals surface area contributed by atoms with Crippen molar-refractivity contribution in [3.8, 4) is 5.75 Å². The summed E-state index contributed by atoms with van der Waals surface area (Å²) in [5.74, 6) is 1.06. The van der Waals surface area contributed by atoms with Crippen LogP contribution in [0.15, 0.2) is 24.3 Å². The third-order valence-electron chi connectivity index (χ3n) is 3.54. The van der Waals surface area contributed by atoms with Gasteiger partial charge in [0.15, 0.2) is 0 Å². The van der Waals surface area contributed by atoms with Gasteiger partial charge in [-0.2, -0.15) is 0 Å². The molecule has 1 aliphatic carbocycles. The predicted molar refractivity (Wildman–Crippen MR) is 55.4 cm³/mol. The summed E-state index contributed by atoms with van der Waals surface area (Å²) in [6.07, 6.45) is 2.60. The maximum atomic E-state index is 5.79. The largest absolute Gasteiger partial charge is 0.493 e. The Kier molecular flexibility index (Phi) is 1.62. The van der Waals surface area contributed by atoms with Gasteiger partial charge in [0.1, 0.15) is 5.75 Å². The fourth-order valence-electron chi connectivity index (χ4n) is 2.54. The topological polar surface area (TPSA) is 21.3 Å². The van der Waals surface area contributed by atoms with Gasteiger partial charge in [-0.1, -0.05) is 18.2 Å². The molecule has 1 spiro atoms. The second kappa shape index (κ2) is 2.74. The second-order valence-corrected chi connectivity index (χ2v) is 4.41. The van der Waals surface area contributed by atoms with E-state index in [-0.39, 0.29) is 0 Å². The van der Waals surface area contributed by atoms with Crippen LogP contribution >= 0.6 is 0 Å². The Morgan fingerprint density at radius 3 is 2.86 bits per heavy atom. The molecule has 1 aromatic carbocycles. The maximum absolute atomic E-state index is 5.79. The summed E-state index contributed by atoms with van der Waals surface area (Å²) >= 11 is 0. The molecule has 2 nitrogen and oxygen atoms in total. The van der Waals surface area contributed by atoms with Crippen molar-refractivity contribution >= 4 is 0 Å². The first-order chi connectivity index (χ1) is 6.86. The molecule has 14 heavy (non-hydrogen) atoms. The van der Waals surface area contributed by atoms with Gasteiger partial charge in [0.2, 0.25) is 0 Å². The Bertz CT molecular complexity index is 357. The Morgan fingerprint density at radius 1 is 1.36 bits per heavy atom. The zero-order valence-electron chi connectivity index (χ0n) is 8.42. The standard InChI is InChI=1S/C12H15NO/c1-13-11-9-4-2-3-5-10(9)14-8-12(11)6-7-12/h2-5,11,13H,6-8H2,1H3. The van der Waals surface area contributed by atoms with E-state index in [0.717, 1.165) is 12.4 Å². The van der Waals surface area contributed by atoms with Crippen LogP contribution in [0.4, 0.5) is 0 Å². The molecular weight excluding hydrogens is 174 g/mol. The lowest BCUT2D eigenvalue weighted by Gasteiger charge is -2.33. The highest BCUT2D eigenvalue weighted by Crippen LogP contribution is 2.58. The summed E-state index contributed by atoms with van der Waals surface area (Å²) < 4.78 is 5.79. The Labute approximate surface area is 84.3 Å². The highest BCUT2D eigenvalue weighted by atomic mass is 16.5. The lowest BCUT2D eigenvalue weighted by Crippen LogP contribution is -2.34. The van der Waals surface area contributed by atoms with Crippen molar-refractivity contribution in [2.24, 2.45) is 5.41 Å². The maximum Gasteiger partial charge on any atom is 0.124 e. The minimum absolute atomic E-state index is 0.406. The van der Waals surface area contributed by atoms with Crippen molar-refractivity contribution < 1.29 is 4.74 Å². The van der Waals surface area contributed by atoms with Gasteiger partial charge in [-0.15, -0.1) is 0 Å². The van der Waals surface area contributed by atoms with E-state index in [1.54, 1.807) is 0 Å². The molecule has 1 N–H and O–H groups in total. The average Bonchev–Trinajstić information content (AvgIpc) is 2.99. The fourth-order valence-corrected chi connectivity index (χ4v) is 2.54. The first-order valence-corrected chi connectivity index (χ1v) is 5.25. The first-order valence-electron chi connectivity index (χ1n) is 5.25. The summed E-state index contributed by atoms with van der Waals surface area (Å²) in [5, 5.41) is 3.43. The molecule has 0 amide bonds. The number of ether oxygens (including phenoxy) is 1. The Morgan fingerprint density at radius 2 is 2.14 bits per heavy atom. The van der Waals surface area contributed by atoms with Crippen LogP contribution in [0.3, 0.4) is 0 Å². The quantitative estimate of drug-likeness (QED) is 0.730. The van der Waals surface area contributed by atoms with Gasteiger partial charge in [0, 0.05) is 17.0 Å². The SMILES string of the molecule is CNC1c2ccccc2OCC12CC2. The van der Waals surface area contributed by atoms with Crippen LogP contribution < -0.4 is 10.1 Å². The van der Waals surface area contributed by atoms with Gasteiger partial charge < -0.3 is 10.1 Å². The van der Waals surface area contributed by atoms with Crippen molar-refractivity contribution in [1.82, 2.24) is 5.32 Å². The Balaban J connectivity index is 2.06. The molecule has 0 aromatic heterocycles. The van der Waals surface area contributed by atoms with Crippen molar-refractivity contribution in [1.29, 1.82) is 0 Å². The zero-order valence-corrected chi connectivity index (χ0v) is 8.42. The van der Waals surface area contributed by atoms with E-state index in [1.807, 2.05) is 13.1 Å². The highest BCUT2D eigenvalue weighted by molar-refractivity contribution is 5.40. The van der Waals surface area contributed by atoms with Crippen LogP contribution in [-0.2, 0) is 0 Å². The van der Waals surface area contributed by atoms with Gasteiger partial charge in [-0.3, -0.25) is 0 Å². The van der Waals surface area contributed by atoms with E-state index in [0.29, 0.717) is 11.5 Å². The molecule has 1 fully saturated rings. The molecule has 1 aromatic rings. The van der Waals surface area contributed by atoms with Crippen molar-refractivity contribution in [2.75, 3.05) is 13.7 Å². The minimum atomic E-state index is 0.406. The molecule has 0 bridgehead atoms. The third kappa shape index (κ3) is 1.01. The summed E-state index contributed by atoms with van der Waals surface area (Å²) in [4.78, 5) is 0. The number of rotatable bonds is 1. The number of fused-ring (bicyclic) bond motifs is 1. The number of para-hydroxylation sites is 1. The molecule has 1 atom stereocenters. The molecule has 74 valence electrons. The van der Waals surface area contributed by atoms with Crippen LogP contribution in [-0.4, -0.2) is 13.7 Å². The van der Waals surface area contributed by atoms with E-state index < -0.39 is 0 Å². The minimum Gasteiger partial charge on any atom is -0.493 e. The predicted octanol–water partition coefficient (Wildman–Crippen LogP) is 2.12. The lowest BCUT2D eigenvalue weighted by atomic mass is 9.88. The third-order valence-corrected chi connectivity index (χ3v) is 3.54. The van der Waals surface area contributed by atoms with Gasteiger partial charge >= 0.3 is 0 Å². The van der Waals surface area contributed by atoms with Crippen LogP contribution in [0.2, 0.25) is 0 Å². The van der Waals surface area contributed by atoms with Crippen LogP contribution in [0.1, 0.15) is 24.4 Å². The monoisotopic (exact) mass is 189 g/mol. The summed E-state index contributed by atoms with van der Waals surface area (Å²) in [7, 11) is 2.05.